The summed E-state index contributed by atoms with van der Waals surface area (Å²) in [5.41, 5.74) is 3.70. The van der Waals surface area contributed by atoms with Gasteiger partial charge in [0.25, 0.3) is 0 Å². The van der Waals surface area contributed by atoms with E-state index in [2.05, 4.69) is 55.3 Å². The summed E-state index contributed by atoms with van der Waals surface area (Å²) in [6.07, 6.45) is 3.22. The van der Waals surface area contributed by atoms with Gasteiger partial charge in [0.05, 0.1) is 23.1 Å². The maximum atomic E-state index is 13.1. The van der Waals surface area contributed by atoms with Gasteiger partial charge < -0.3 is 4.90 Å². The molecule has 4 heterocycles. The molecule has 3 aromatic heterocycles. The molecule has 1 aliphatic carbocycles. The number of aryl methyl sites for hydroxylation is 1. The van der Waals surface area contributed by atoms with Gasteiger partial charge in [-0.15, -0.1) is 5.10 Å². The molecule has 8 nitrogen and oxygen atoms in total. The molecule has 0 atom stereocenters. The molecule has 0 bridgehead atoms. The third-order valence-corrected chi connectivity index (χ3v) is 8.61. The third kappa shape index (κ3) is 6.67. The van der Waals surface area contributed by atoms with Crippen LogP contribution in [0.3, 0.4) is 0 Å². The lowest BCUT2D eigenvalue weighted by Crippen LogP contribution is -2.53. The lowest BCUT2D eigenvalue weighted by atomic mass is 9.75. The van der Waals surface area contributed by atoms with Crippen LogP contribution >= 0.6 is 0 Å². The van der Waals surface area contributed by atoms with Crippen LogP contribution < -0.4 is 0 Å². The van der Waals surface area contributed by atoms with Crippen molar-refractivity contribution in [3.63, 3.8) is 0 Å². The second-order valence-electron chi connectivity index (χ2n) is 11.8. The smallest absolute Gasteiger partial charge is 0.304 e. The number of pyridine rings is 2. The Morgan fingerprint density at radius 1 is 1.00 bits per heavy atom. The second kappa shape index (κ2) is 12.0. The van der Waals surface area contributed by atoms with E-state index in [4.69, 9.17) is 0 Å². The summed E-state index contributed by atoms with van der Waals surface area (Å²) < 4.78 is 40.9. The Balaban J connectivity index is 1.11. The first-order valence-corrected chi connectivity index (χ1v) is 14.6. The Morgan fingerprint density at radius 3 is 2.56 bits per heavy atom. The Morgan fingerprint density at radius 2 is 1.79 bits per heavy atom. The number of Topliss-reactive ketones (excluding diaryl/α,β-unsaturated/α-hetero) is 1. The number of carbonyl (C=O) groups excluding carboxylic acids is 1. The van der Waals surface area contributed by atoms with E-state index < -0.39 is 17.5 Å². The van der Waals surface area contributed by atoms with Crippen molar-refractivity contribution in [2.75, 3.05) is 33.2 Å². The maximum absolute atomic E-state index is 13.1. The molecule has 0 spiro atoms. The molecular weight excluding hydrogens is 555 g/mol. The Labute approximate surface area is 248 Å². The number of likely N-dealkylation sites (N-methyl/N-ethyl adjacent to an activating group) is 1. The predicted octanol–water partition coefficient (Wildman–Crippen LogP) is 5.05. The topological polar surface area (TPSA) is 80.0 Å². The van der Waals surface area contributed by atoms with Gasteiger partial charge in [0.2, 0.25) is 0 Å². The second-order valence-corrected chi connectivity index (χ2v) is 11.8. The van der Waals surface area contributed by atoms with Crippen LogP contribution in [0.5, 0.6) is 0 Å². The average molecular weight is 590 g/mol. The van der Waals surface area contributed by atoms with Gasteiger partial charge in [0.15, 0.2) is 5.78 Å². The molecule has 43 heavy (non-hydrogen) atoms. The van der Waals surface area contributed by atoms with Gasteiger partial charge >= 0.3 is 6.18 Å². The fourth-order valence-corrected chi connectivity index (χ4v) is 5.98. The molecule has 1 saturated carbocycles. The van der Waals surface area contributed by atoms with Gasteiger partial charge in [-0.05, 0) is 74.5 Å². The fraction of sp³-hybridized carbons (Fsp3) is 0.406. The minimum Gasteiger partial charge on any atom is -0.304 e. The molecule has 224 valence electrons. The minimum absolute atomic E-state index is 0.144. The molecule has 2 aliphatic rings. The lowest BCUT2D eigenvalue weighted by molar-refractivity contribution is -0.137. The molecule has 11 heteroatoms. The third-order valence-electron chi connectivity index (χ3n) is 8.61. The fourth-order valence-electron chi connectivity index (χ4n) is 5.98. The largest absolute Gasteiger partial charge is 0.416 e. The number of alkyl halides is 3. The molecule has 0 radical (unpaired) electrons. The highest BCUT2D eigenvalue weighted by atomic mass is 19.4. The Hall–Kier alpha value is -3.96. The molecule has 1 aliphatic heterocycles. The Bertz CT molecular complexity index is 1600. The van der Waals surface area contributed by atoms with Crippen molar-refractivity contribution < 1.29 is 18.0 Å². The van der Waals surface area contributed by atoms with E-state index in [0.717, 1.165) is 49.1 Å². The van der Waals surface area contributed by atoms with Gasteiger partial charge in [-0.3, -0.25) is 19.7 Å². The molecule has 0 amide bonds. The molecule has 0 N–H and O–H groups in total. The van der Waals surface area contributed by atoms with Crippen LogP contribution in [0.1, 0.15) is 45.7 Å². The molecule has 1 saturated heterocycles. The highest BCUT2D eigenvalue weighted by Crippen LogP contribution is 2.35. The quantitative estimate of drug-likeness (QED) is 0.266. The SMILES string of the molecule is Cc1ncc(CC(=O)c2cc(C(F)(F)F)ccn2)cc1-n1cc(-c2cccc(CC3CC(N4CCN(C)CC4)C3)c2)nn1. The zero-order valence-electron chi connectivity index (χ0n) is 24.3. The molecule has 6 rings (SSSR count). The van der Waals surface area contributed by atoms with E-state index in [9.17, 15) is 18.0 Å². The maximum Gasteiger partial charge on any atom is 0.416 e. The van der Waals surface area contributed by atoms with Crippen LogP contribution in [0.4, 0.5) is 13.2 Å². The summed E-state index contributed by atoms with van der Waals surface area (Å²) in [5, 5.41) is 8.72. The number of halogens is 3. The number of carbonyl (C=O) groups is 1. The van der Waals surface area contributed by atoms with Gasteiger partial charge in [-0.25, -0.2) is 4.68 Å². The molecule has 0 unspecified atom stereocenters. The van der Waals surface area contributed by atoms with E-state index in [1.54, 1.807) is 16.9 Å². The van der Waals surface area contributed by atoms with Crippen LogP contribution in [0.25, 0.3) is 16.9 Å². The van der Waals surface area contributed by atoms with Crippen molar-refractivity contribution in [3.8, 4) is 16.9 Å². The van der Waals surface area contributed by atoms with Crippen molar-refractivity contribution in [1.82, 2.24) is 34.8 Å². The van der Waals surface area contributed by atoms with Crippen LogP contribution in [0, 0.1) is 12.8 Å². The van der Waals surface area contributed by atoms with Gasteiger partial charge in [0.1, 0.15) is 11.4 Å². The standard InChI is InChI=1S/C32H34F3N7O/c1-21-30(16-24(19-37-21)17-31(43)28-18-26(6-7-36-28)32(33,34)35)42-20-29(38-39-42)25-5-3-4-22(13-25)12-23-14-27(15-23)41-10-8-40(2)9-11-41/h3-7,13,16,18-20,23,27H,8-12,14-15,17H2,1-2H3. The van der Waals surface area contributed by atoms with Crippen molar-refractivity contribution in [2.45, 2.75) is 44.8 Å². The number of aromatic nitrogens is 5. The van der Waals surface area contributed by atoms with Crippen LogP contribution in [-0.4, -0.2) is 79.8 Å². The first-order valence-electron chi connectivity index (χ1n) is 14.6. The van der Waals surface area contributed by atoms with Crippen molar-refractivity contribution in [1.29, 1.82) is 0 Å². The number of benzene rings is 1. The van der Waals surface area contributed by atoms with E-state index >= 15 is 0 Å². The number of nitrogens with zero attached hydrogens (tertiary/aromatic N) is 7. The molecular formula is C32H34F3N7O. The van der Waals surface area contributed by atoms with E-state index in [-0.39, 0.29) is 12.1 Å². The summed E-state index contributed by atoms with van der Waals surface area (Å²) >= 11 is 0. The zero-order chi connectivity index (χ0) is 30.1. The summed E-state index contributed by atoms with van der Waals surface area (Å²) in [6.45, 7) is 6.46. The summed E-state index contributed by atoms with van der Waals surface area (Å²) in [7, 11) is 2.19. The highest BCUT2D eigenvalue weighted by Gasteiger charge is 2.34. The Kier molecular flexibility index (Phi) is 8.11. The van der Waals surface area contributed by atoms with Crippen LogP contribution in [0.15, 0.2) is 61.1 Å². The van der Waals surface area contributed by atoms with Crippen molar-refractivity contribution in [3.05, 3.63) is 89.1 Å². The van der Waals surface area contributed by atoms with E-state index in [1.807, 2.05) is 19.2 Å². The highest BCUT2D eigenvalue weighted by molar-refractivity contribution is 5.95. The number of piperazine rings is 1. The monoisotopic (exact) mass is 589 g/mol. The number of hydrogen-bond donors (Lipinski definition) is 0. The zero-order valence-corrected chi connectivity index (χ0v) is 24.3. The van der Waals surface area contributed by atoms with Crippen LogP contribution in [0.2, 0.25) is 0 Å². The van der Waals surface area contributed by atoms with Gasteiger partial charge in [-0.1, -0.05) is 23.4 Å². The summed E-state index contributed by atoms with van der Waals surface area (Å²) in [4.78, 5) is 26.1. The first kappa shape index (κ1) is 29.1. The average Bonchev–Trinajstić information content (AvgIpc) is 3.46. The predicted molar refractivity (Wildman–Crippen MR) is 156 cm³/mol. The van der Waals surface area contributed by atoms with Crippen molar-refractivity contribution in [2.24, 2.45) is 5.92 Å². The van der Waals surface area contributed by atoms with Crippen molar-refractivity contribution >= 4 is 5.78 Å². The van der Waals surface area contributed by atoms with E-state index in [1.165, 1.54) is 31.5 Å². The molecule has 4 aromatic rings. The van der Waals surface area contributed by atoms with E-state index in [0.29, 0.717) is 28.9 Å². The summed E-state index contributed by atoms with van der Waals surface area (Å²) in [5.74, 6) is 0.168. The van der Waals surface area contributed by atoms with Gasteiger partial charge in [-0.2, -0.15) is 13.2 Å². The van der Waals surface area contributed by atoms with Gasteiger partial charge in [0, 0.05) is 56.6 Å². The summed E-state index contributed by atoms with van der Waals surface area (Å²) in [6, 6.07) is 12.5. The lowest BCUT2D eigenvalue weighted by Gasteiger charge is -2.46. The van der Waals surface area contributed by atoms with Crippen LogP contribution in [-0.2, 0) is 19.0 Å². The molecule has 2 fully saturated rings. The minimum atomic E-state index is -4.55. The normalized spacial score (nSPS) is 19.7. The first-order chi connectivity index (χ1) is 20.6. The number of ketones is 1. The number of hydrogen-bond acceptors (Lipinski definition) is 7. The number of rotatable bonds is 8. The molecule has 1 aromatic carbocycles.